The van der Waals surface area contributed by atoms with Gasteiger partial charge in [-0.15, -0.1) is 0 Å². The molecular weight excluding hydrogens is 480 g/mol. The fraction of sp³-hybridized carbons (Fsp3) is 0.357. The van der Waals surface area contributed by atoms with Crippen molar-refractivity contribution in [3.05, 3.63) is 66.6 Å². The van der Waals surface area contributed by atoms with Gasteiger partial charge in [0.05, 0.1) is 64.5 Å². The van der Waals surface area contributed by atoms with Crippen molar-refractivity contribution < 1.29 is 9.59 Å². The van der Waals surface area contributed by atoms with Crippen LogP contribution in [0.4, 0.5) is 11.4 Å². The van der Waals surface area contributed by atoms with E-state index >= 15 is 0 Å². The van der Waals surface area contributed by atoms with Crippen molar-refractivity contribution in [3.8, 4) is 11.3 Å². The third-order valence-electron chi connectivity index (χ3n) is 7.60. The summed E-state index contributed by atoms with van der Waals surface area (Å²) in [7, 11) is 0. The Labute approximate surface area is 220 Å². The quantitative estimate of drug-likeness (QED) is 0.403. The second-order valence-corrected chi connectivity index (χ2v) is 10.1. The second-order valence-electron chi connectivity index (χ2n) is 10.1. The molecule has 194 valence electrons. The first-order valence-electron chi connectivity index (χ1n) is 13.1. The molecule has 10 heteroatoms. The van der Waals surface area contributed by atoms with Gasteiger partial charge in [0.25, 0.3) is 5.91 Å². The molecule has 0 bridgehead atoms. The monoisotopic (exact) mass is 510 g/mol. The van der Waals surface area contributed by atoms with E-state index in [9.17, 15) is 9.59 Å². The summed E-state index contributed by atoms with van der Waals surface area (Å²) in [6, 6.07) is 6.11. The van der Waals surface area contributed by atoms with Gasteiger partial charge in [0, 0.05) is 37.1 Å². The normalized spacial score (nSPS) is 16.8. The van der Waals surface area contributed by atoms with Crippen molar-refractivity contribution in [1.82, 2.24) is 29.5 Å². The number of aryl methyl sites for hydroxylation is 1. The topological polar surface area (TPSA) is 117 Å². The van der Waals surface area contributed by atoms with E-state index < -0.39 is 0 Å². The van der Waals surface area contributed by atoms with Crippen molar-refractivity contribution in [2.75, 3.05) is 23.7 Å². The third-order valence-corrected chi connectivity index (χ3v) is 7.60. The van der Waals surface area contributed by atoms with E-state index in [1.807, 2.05) is 19.1 Å². The summed E-state index contributed by atoms with van der Waals surface area (Å²) in [5.41, 5.74) is 4.37. The lowest BCUT2D eigenvalue weighted by Gasteiger charge is -2.44. The molecule has 0 aromatic carbocycles. The lowest BCUT2D eigenvalue weighted by Crippen LogP contribution is -2.56. The van der Waals surface area contributed by atoms with Crippen molar-refractivity contribution in [2.45, 2.75) is 45.1 Å². The van der Waals surface area contributed by atoms with Gasteiger partial charge in [0.15, 0.2) is 0 Å². The minimum absolute atomic E-state index is 0.00121. The lowest BCUT2D eigenvalue weighted by atomic mass is 9.88. The number of nitrogens with zero attached hydrogens (tertiary/aromatic N) is 6. The number of likely N-dealkylation sites (tertiary alicyclic amines) is 1. The second kappa shape index (κ2) is 10.3. The molecule has 6 rings (SSSR count). The minimum atomic E-state index is -0.325. The van der Waals surface area contributed by atoms with Crippen LogP contribution in [0.15, 0.2) is 55.4 Å². The van der Waals surface area contributed by atoms with Crippen LogP contribution in [0, 0.1) is 12.8 Å². The standard InChI is InChI=1S/C28H30N8O2/c1-18-24(11-21(12-30-18)33-27(37)20-15-35(16-20)22-5-3-2-4-6-22)34-28(38)23-13-32-36-17-25(31-14-26(23)36)19-7-9-29-10-8-19/h7-14,17,20,22H,2-6,15-16H2,1H3,(H,33,37)(H,34,38). The summed E-state index contributed by atoms with van der Waals surface area (Å²) in [4.78, 5) is 41.3. The fourth-order valence-corrected chi connectivity index (χ4v) is 5.31. The number of nitrogens with one attached hydrogen (secondary N) is 2. The van der Waals surface area contributed by atoms with Crippen LogP contribution in [0.1, 0.15) is 48.2 Å². The Morgan fingerprint density at radius 2 is 1.76 bits per heavy atom. The summed E-state index contributed by atoms with van der Waals surface area (Å²) >= 11 is 0. The van der Waals surface area contributed by atoms with Crippen molar-refractivity contribution in [3.63, 3.8) is 0 Å². The Morgan fingerprint density at radius 3 is 2.55 bits per heavy atom. The Morgan fingerprint density at radius 1 is 0.974 bits per heavy atom. The molecule has 1 saturated heterocycles. The van der Waals surface area contributed by atoms with Gasteiger partial charge in [-0.1, -0.05) is 19.3 Å². The molecule has 2 amide bonds. The maximum Gasteiger partial charge on any atom is 0.259 e. The molecule has 10 nitrogen and oxygen atoms in total. The first-order chi connectivity index (χ1) is 18.5. The van der Waals surface area contributed by atoms with Gasteiger partial charge in [-0.3, -0.25) is 29.4 Å². The third kappa shape index (κ3) is 4.87. The van der Waals surface area contributed by atoms with E-state index in [0.29, 0.717) is 34.2 Å². The summed E-state index contributed by atoms with van der Waals surface area (Å²) in [6.45, 7) is 3.43. The maximum atomic E-state index is 13.2. The number of rotatable bonds is 6. The molecule has 1 aliphatic carbocycles. The molecule has 38 heavy (non-hydrogen) atoms. The van der Waals surface area contributed by atoms with Gasteiger partial charge >= 0.3 is 0 Å². The minimum Gasteiger partial charge on any atom is -0.324 e. The van der Waals surface area contributed by atoms with Gasteiger partial charge in [0.2, 0.25) is 5.91 Å². The largest absolute Gasteiger partial charge is 0.324 e. The van der Waals surface area contributed by atoms with Crippen LogP contribution < -0.4 is 10.6 Å². The summed E-state index contributed by atoms with van der Waals surface area (Å²) < 4.78 is 1.63. The highest BCUT2D eigenvalue weighted by molar-refractivity contribution is 6.09. The number of anilines is 2. The van der Waals surface area contributed by atoms with Gasteiger partial charge < -0.3 is 10.6 Å². The molecule has 0 spiro atoms. The molecule has 0 unspecified atom stereocenters. The predicted octanol–water partition coefficient (Wildman–Crippen LogP) is 3.95. The van der Waals surface area contributed by atoms with Crippen LogP contribution in [0.25, 0.3) is 16.8 Å². The molecule has 4 aromatic heterocycles. The summed E-state index contributed by atoms with van der Waals surface area (Å²) in [5, 5.41) is 10.3. The number of carbonyl (C=O) groups excluding carboxylic acids is 2. The van der Waals surface area contributed by atoms with Crippen LogP contribution >= 0.6 is 0 Å². The predicted molar refractivity (Wildman–Crippen MR) is 144 cm³/mol. The number of aromatic nitrogens is 5. The van der Waals surface area contributed by atoms with E-state index in [0.717, 1.165) is 24.3 Å². The average Bonchev–Trinajstić information content (AvgIpc) is 3.34. The van der Waals surface area contributed by atoms with Crippen molar-refractivity contribution in [1.29, 1.82) is 0 Å². The van der Waals surface area contributed by atoms with E-state index in [-0.39, 0.29) is 17.7 Å². The fourth-order valence-electron chi connectivity index (χ4n) is 5.31. The number of carbonyl (C=O) groups is 2. The Bertz CT molecular complexity index is 1470. The van der Waals surface area contributed by atoms with E-state index in [2.05, 4.69) is 35.6 Å². The summed E-state index contributed by atoms with van der Waals surface area (Å²) in [5.74, 6) is -0.341. The zero-order valence-electron chi connectivity index (χ0n) is 21.3. The first-order valence-corrected chi connectivity index (χ1v) is 13.1. The molecule has 0 radical (unpaired) electrons. The number of hydrogen-bond donors (Lipinski definition) is 2. The average molecular weight is 511 g/mol. The van der Waals surface area contributed by atoms with E-state index in [1.54, 1.807) is 41.6 Å². The molecule has 4 aromatic rings. The maximum absolute atomic E-state index is 13.2. The zero-order chi connectivity index (χ0) is 26.1. The number of pyridine rings is 2. The SMILES string of the molecule is Cc1ncc(NC(=O)C2CN(C3CCCCC3)C2)cc1NC(=O)c1cnn2cc(-c3ccncc3)ncc12. The Kier molecular flexibility index (Phi) is 6.55. The Hall–Kier alpha value is -4.18. The van der Waals surface area contributed by atoms with Crippen LogP contribution in [0.3, 0.4) is 0 Å². The highest BCUT2D eigenvalue weighted by atomic mass is 16.2. The molecule has 0 atom stereocenters. The highest BCUT2D eigenvalue weighted by Crippen LogP contribution is 2.29. The number of amides is 2. The van der Waals surface area contributed by atoms with Gasteiger partial charge in [-0.2, -0.15) is 5.10 Å². The zero-order valence-corrected chi connectivity index (χ0v) is 21.3. The molecule has 2 aliphatic rings. The van der Waals surface area contributed by atoms with Gasteiger partial charge in [-0.05, 0) is 38.0 Å². The highest BCUT2D eigenvalue weighted by Gasteiger charge is 2.37. The van der Waals surface area contributed by atoms with E-state index in [4.69, 9.17) is 0 Å². The van der Waals surface area contributed by atoms with Crippen LogP contribution in [-0.4, -0.2) is 60.4 Å². The van der Waals surface area contributed by atoms with E-state index in [1.165, 1.54) is 38.3 Å². The molecule has 5 heterocycles. The molecular formula is C28H30N8O2. The summed E-state index contributed by atoms with van der Waals surface area (Å²) in [6.07, 6.45) is 16.4. The van der Waals surface area contributed by atoms with Crippen LogP contribution in [0.5, 0.6) is 0 Å². The smallest absolute Gasteiger partial charge is 0.259 e. The van der Waals surface area contributed by atoms with Gasteiger partial charge in [0.1, 0.15) is 0 Å². The molecule has 1 saturated carbocycles. The van der Waals surface area contributed by atoms with Crippen LogP contribution in [0.2, 0.25) is 0 Å². The number of fused-ring (bicyclic) bond motifs is 1. The van der Waals surface area contributed by atoms with Crippen molar-refractivity contribution >= 4 is 28.7 Å². The first kappa shape index (κ1) is 24.2. The molecule has 2 fully saturated rings. The Balaban J connectivity index is 1.11. The molecule has 1 aliphatic heterocycles. The number of hydrogen-bond acceptors (Lipinski definition) is 7. The lowest BCUT2D eigenvalue weighted by molar-refractivity contribution is -0.126. The molecule has 2 N–H and O–H groups in total. The van der Waals surface area contributed by atoms with Crippen molar-refractivity contribution in [2.24, 2.45) is 5.92 Å². The van der Waals surface area contributed by atoms with Gasteiger partial charge in [-0.25, -0.2) is 4.52 Å². The van der Waals surface area contributed by atoms with Crippen LogP contribution in [-0.2, 0) is 4.79 Å².